The highest BCUT2D eigenvalue weighted by Crippen LogP contribution is 2.19. The van der Waals surface area contributed by atoms with Crippen LogP contribution in [-0.4, -0.2) is 61.4 Å². The molecule has 1 aliphatic heterocycles. The SMILES string of the molecule is CCOc1ccc(CNC(=O)N(C)CC2CCN(CC(=O)c3ccc(F)cc3)CC2)cc1. The molecular weight excluding hydrogens is 409 g/mol. The molecule has 6 nitrogen and oxygen atoms in total. The van der Waals surface area contributed by atoms with Gasteiger partial charge in [0, 0.05) is 25.7 Å². The number of urea groups is 1. The zero-order chi connectivity index (χ0) is 22.9. The number of amides is 2. The van der Waals surface area contributed by atoms with Crippen LogP contribution in [0.2, 0.25) is 0 Å². The number of piperidine rings is 1. The van der Waals surface area contributed by atoms with Gasteiger partial charge in [0.1, 0.15) is 11.6 Å². The van der Waals surface area contributed by atoms with E-state index < -0.39 is 0 Å². The second kappa shape index (κ2) is 11.6. The number of Topliss-reactive ketones (excluding diaryl/α,β-unsaturated/α-hetero) is 1. The molecule has 2 aromatic rings. The molecule has 0 radical (unpaired) electrons. The minimum Gasteiger partial charge on any atom is -0.494 e. The van der Waals surface area contributed by atoms with Crippen molar-refractivity contribution in [3.8, 4) is 5.75 Å². The first-order valence-electron chi connectivity index (χ1n) is 11.2. The Morgan fingerprint density at radius 3 is 2.38 bits per heavy atom. The van der Waals surface area contributed by atoms with Crippen molar-refractivity contribution >= 4 is 11.8 Å². The van der Waals surface area contributed by atoms with Crippen LogP contribution in [0.5, 0.6) is 5.75 Å². The molecule has 2 amide bonds. The van der Waals surface area contributed by atoms with Gasteiger partial charge in [-0.15, -0.1) is 0 Å². The number of benzene rings is 2. The van der Waals surface area contributed by atoms with Crippen LogP contribution in [0.1, 0.15) is 35.7 Å². The lowest BCUT2D eigenvalue weighted by molar-refractivity contribution is 0.0886. The highest BCUT2D eigenvalue weighted by Gasteiger charge is 2.23. The van der Waals surface area contributed by atoms with Crippen LogP contribution >= 0.6 is 0 Å². The van der Waals surface area contributed by atoms with Gasteiger partial charge >= 0.3 is 6.03 Å². The predicted octanol–water partition coefficient (Wildman–Crippen LogP) is 3.96. The molecule has 32 heavy (non-hydrogen) atoms. The summed E-state index contributed by atoms with van der Waals surface area (Å²) in [6, 6.07) is 13.3. The summed E-state index contributed by atoms with van der Waals surface area (Å²) in [5.74, 6) is 0.906. The van der Waals surface area contributed by atoms with Gasteiger partial charge in [-0.05, 0) is 80.7 Å². The standard InChI is InChI=1S/C25H32FN3O3/c1-3-32-23-10-4-19(5-11-23)16-27-25(31)28(2)17-20-12-14-29(15-13-20)18-24(30)21-6-8-22(26)9-7-21/h4-11,20H,3,12-18H2,1-2H3,(H,27,31). The summed E-state index contributed by atoms with van der Waals surface area (Å²) in [6.07, 6.45) is 1.88. The van der Waals surface area contributed by atoms with Crippen LogP contribution in [-0.2, 0) is 6.54 Å². The first kappa shape index (κ1) is 23.7. The van der Waals surface area contributed by atoms with E-state index in [0.717, 1.165) is 37.2 Å². The van der Waals surface area contributed by atoms with E-state index in [1.807, 2.05) is 38.2 Å². The maximum atomic E-state index is 13.0. The molecule has 1 N–H and O–H groups in total. The lowest BCUT2D eigenvalue weighted by Gasteiger charge is -2.33. The summed E-state index contributed by atoms with van der Waals surface area (Å²) >= 11 is 0. The van der Waals surface area contributed by atoms with Crippen LogP contribution < -0.4 is 10.1 Å². The van der Waals surface area contributed by atoms with E-state index in [1.165, 1.54) is 24.3 Å². The normalized spacial score (nSPS) is 14.7. The van der Waals surface area contributed by atoms with E-state index in [4.69, 9.17) is 4.74 Å². The smallest absolute Gasteiger partial charge is 0.317 e. The summed E-state index contributed by atoms with van der Waals surface area (Å²) in [5.41, 5.74) is 1.56. The van der Waals surface area contributed by atoms with E-state index >= 15 is 0 Å². The Morgan fingerprint density at radius 2 is 1.75 bits per heavy atom. The van der Waals surface area contributed by atoms with Crippen LogP contribution in [0.3, 0.4) is 0 Å². The average molecular weight is 442 g/mol. The van der Waals surface area contributed by atoms with E-state index in [-0.39, 0.29) is 17.6 Å². The molecule has 1 heterocycles. The second-order valence-corrected chi connectivity index (χ2v) is 8.27. The Hall–Kier alpha value is -2.93. The molecule has 2 aromatic carbocycles. The maximum Gasteiger partial charge on any atom is 0.317 e. The van der Waals surface area contributed by atoms with E-state index in [9.17, 15) is 14.0 Å². The number of nitrogens with one attached hydrogen (secondary N) is 1. The molecular formula is C25H32FN3O3. The molecule has 7 heteroatoms. The number of hydrogen-bond acceptors (Lipinski definition) is 4. The highest BCUT2D eigenvalue weighted by molar-refractivity contribution is 5.97. The summed E-state index contributed by atoms with van der Waals surface area (Å²) in [6.45, 7) is 5.72. The Labute approximate surface area is 189 Å². The van der Waals surface area contributed by atoms with E-state index in [1.54, 1.807) is 4.90 Å². The highest BCUT2D eigenvalue weighted by atomic mass is 19.1. The third-order valence-corrected chi connectivity index (χ3v) is 5.80. The molecule has 1 fully saturated rings. The number of ketones is 1. The molecule has 0 saturated carbocycles. The topological polar surface area (TPSA) is 61.9 Å². The summed E-state index contributed by atoms with van der Waals surface area (Å²) < 4.78 is 18.5. The number of halogens is 1. The lowest BCUT2D eigenvalue weighted by Crippen LogP contribution is -2.43. The fraction of sp³-hybridized carbons (Fsp3) is 0.440. The van der Waals surface area contributed by atoms with E-state index in [0.29, 0.717) is 37.7 Å². The summed E-state index contributed by atoms with van der Waals surface area (Å²) in [7, 11) is 1.82. The van der Waals surface area contributed by atoms with Gasteiger partial charge in [-0.25, -0.2) is 9.18 Å². The lowest BCUT2D eigenvalue weighted by atomic mass is 9.96. The number of carbonyl (C=O) groups excluding carboxylic acids is 2. The number of carbonyl (C=O) groups is 2. The van der Waals surface area contributed by atoms with Crippen LogP contribution in [0.15, 0.2) is 48.5 Å². The maximum absolute atomic E-state index is 13.0. The molecule has 0 bridgehead atoms. The Morgan fingerprint density at radius 1 is 1.09 bits per heavy atom. The van der Waals surface area contributed by atoms with E-state index in [2.05, 4.69) is 10.2 Å². The molecule has 172 valence electrons. The Balaban J connectivity index is 1.37. The summed E-state index contributed by atoms with van der Waals surface area (Å²) in [4.78, 5) is 28.7. The van der Waals surface area contributed by atoms with Crippen molar-refractivity contribution < 1.29 is 18.7 Å². The van der Waals surface area contributed by atoms with Gasteiger partial charge in [-0.1, -0.05) is 12.1 Å². The van der Waals surface area contributed by atoms with Crippen LogP contribution in [0, 0.1) is 11.7 Å². The number of hydrogen-bond donors (Lipinski definition) is 1. The van der Waals surface area contributed by atoms with Crippen molar-refractivity contribution in [3.05, 3.63) is 65.5 Å². The number of rotatable bonds is 9. The third kappa shape index (κ3) is 7.05. The van der Waals surface area contributed by atoms with Crippen molar-refractivity contribution in [1.29, 1.82) is 0 Å². The van der Waals surface area contributed by atoms with Gasteiger partial charge in [0.2, 0.25) is 0 Å². The molecule has 0 spiro atoms. The van der Waals surface area contributed by atoms with Gasteiger partial charge < -0.3 is 15.0 Å². The van der Waals surface area contributed by atoms with Gasteiger partial charge in [-0.3, -0.25) is 9.69 Å². The van der Waals surface area contributed by atoms with Gasteiger partial charge in [0.15, 0.2) is 5.78 Å². The first-order chi connectivity index (χ1) is 15.4. The minimum atomic E-state index is -0.338. The molecule has 1 aliphatic rings. The van der Waals surface area contributed by atoms with Crippen molar-refractivity contribution in [2.45, 2.75) is 26.3 Å². The number of ether oxygens (including phenoxy) is 1. The number of nitrogens with zero attached hydrogens (tertiary/aromatic N) is 2. The monoisotopic (exact) mass is 441 g/mol. The van der Waals surface area contributed by atoms with Crippen molar-refractivity contribution in [3.63, 3.8) is 0 Å². The average Bonchev–Trinajstić information content (AvgIpc) is 2.80. The second-order valence-electron chi connectivity index (χ2n) is 8.27. The van der Waals surface area contributed by atoms with Crippen molar-refractivity contribution in [1.82, 2.24) is 15.1 Å². The quantitative estimate of drug-likeness (QED) is 0.599. The van der Waals surface area contributed by atoms with Crippen LogP contribution in [0.25, 0.3) is 0 Å². The molecule has 0 atom stereocenters. The van der Waals surface area contributed by atoms with Gasteiger partial charge in [-0.2, -0.15) is 0 Å². The van der Waals surface area contributed by atoms with Crippen molar-refractivity contribution in [2.75, 3.05) is 39.8 Å². The van der Waals surface area contributed by atoms with Crippen molar-refractivity contribution in [2.24, 2.45) is 5.92 Å². The fourth-order valence-corrected chi connectivity index (χ4v) is 3.91. The Bertz CT molecular complexity index is 878. The first-order valence-corrected chi connectivity index (χ1v) is 11.2. The minimum absolute atomic E-state index is 0.00855. The van der Waals surface area contributed by atoms with Gasteiger partial charge in [0.05, 0.1) is 13.2 Å². The third-order valence-electron chi connectivity index (χ3n) is 5.80. The fourth-order valence-electron chi connectivity index (χ4n) is 3.91. The molecule has 0 unspecified atom stereocenters. The zero-order valence-electron chi connectivity index (χ0n) is 18.9. The van der Waals surface area contributed by atoms with Gasteiger partial charge in [0.25, 0.3) is 0 Å². The Kier molecular flexibility index (Phi) is 8.62. The molecule has 0 aromatic heterocycles. The zero-order valence-corrected chi connectivity index (χ0v) is 18.9. The molecule has 0 aliphatic carbocycles. The largest absolute Gasteiger partial charge is 0.494 e. The summed E-state index contributed by atoms with van der Waals surface area (Å²) in [5, 5.41) is 2.96. The molecule has 3 rings (SSSR count). The number of likely N-dealkylation sites (tertiary alicyclic amines) is 1. The predicted molar refractivity (Wildman–Crippen MR) is 122 cm³/mol. The van der Waals surface area contributed by atoms with Crippen LogP contribution in [0.4, 0.5) is 9.18 Å². The molecule has 1 saturated heterocycles.